The van der Waals surface area contributed by atoms with Crippen LogP contribution in [0.5, 0.6) is 0 Å². The lowest BCUT2D eigenvalue weighted by Crippen LogP contribution is -2.50. The van der Waals surface area contributed by atoms with Crippen molar-refractivity contribution >= 4 is 21.8 Å². The SMILES string of the molecule is CC(C)CCNC(=O)C(Cc1ccccc1)N(Cc1ccccc1)C(=O)CCc1ccc(S(=O)(=O)NC2CC2)cc1. The Morgan fingerprint density at radius 3 is 2.05 bits per heavy atom. The van der Waals surface area contributed by atoms with Gasteiger partial charge in [0.15, 0.2) is 0 Å². The molecule has 0 bridgehead atoms. The molecule has 1 aliphatic rings. The average molecular weight is 576 g/mol. The summed E-state index contributed by atoms with van der Waals surface area (Å²) in [4.78, 5) is 29.3. The maximum absolute atomic E-state index is 13.8. The summed E-state index contributed by atoms with van der Waals surface area (Å²) >= 11 is 0. The third kappa shape index (κ3) is 9.54. The van der Waals surface area contributed by atoms with Crippen molar-refractivity contribution < 1.29 is 18.0 Å². The van der Waals surface area contributed by atoms with Crippen molar-refractivity contribution in [3.63, 3.8) is 0 Å². The Morgan fingerprint density at radius 2 is 1.46 bits per heavy atom. The van der Waals surface area contributed by atoms with Crippen LogP contribution in [0, 0.1) is 5.92 Å². The number of sulfonamides is 1. The molecule has 4 rings (SSSR count). The van der Waals surface area contributed by atoms with Gasteiger partial charge in [0.2, 0.25) is 21.8 Å². The number of aryl methyl sites for hydroxylation is 1. The first-order chi connectivity index (χ1) is 19.7. The molecule has 0 aliphatic heterocycles. The largest absolute Gasteiger partial charge is 0.354 e. The van der Waals surface area contributed by atoms with E-state index in [0.29, 0.717) is 31.8 Å². The molecule has 2 N–H and O–H groups in total. The number of rotatable bonds is 15. The summed E-state index contributed by atoms with van der Waals surface area (Å²) in [6, 6.07) is 25.6. The van der Waals surface area contributed by atoms with Crippen molar-refractivity contribution in [1.29, 1.82) is 0 Å². The fraction of sp³-hybridized carbons (Fsp3) is 0.394. The van der Waals surface area contributed by atoms with Gasteiger partial charge in [-0.3, -0.25) is 9.59 Å². The van der Waals surface area contributed by atoms with E-state index in [4.69, 9.17) is 0 Å². The first kappa shape index (κ1) is 30.5. The van der Waals surface area contributed by atoms with Crippen LogP contribution in [0.25, 0.3) is 0 Å². The van der Waals surface area contributed by atoms with Crippen LogP contribution in [0.2, 0.25) is 0 Å². The van der Waals surface area contributed by atoms with Crippen molar-refractivity contribution in [2.45, 2.75) is 75.9 Å². The van der Waals surface area contributed by atoms with E-state index in [1.165, 1.54) is 0 Å². The molecule has 1 fully saturated rings. The predicted molar refractivity (Wildman–Crippen MR) is 161 cm³/mol. The highest BCUT2D eigenvalue weighted by Crippen LogP contribution is 2.23. The zero-order valence-corrected chi connectivity index (χ0v) is 24.8. The van der Waals surface area contributed by atoms with Gasteiger partial charge in [0, 0.05) is 32.0 Å². The van der Waals surface area contributed by atoms with E-state index >= 15 is 0 Å². The summed E-state index contributed by atoms with van der Waals surface area (Å²) in [6.45, 7) is 5.10. The molecule has 218 valence electrons. The lowest BCUT2D eigenvalue weighted by Gasteiger charge is -2.32. The van der Waals surface area contributed by atoms with E-state index in [1.54, 1.807) is 29.2 Å². The molecule has 8 heteroatoms. The minimum Gasteiger partial charge on any atom is -0.354 e. The fourth-order valence-corrected chi connectivity index (χ4v) is 5.96. The van der Waals surface area contributed by atoms with Crippen molar-refractivity contribution in [3.8, 4) is 0 Å². The second-order valence-corrected chi connectivity index (χ2v) is 12.9. The smallest absolute Gasteiger partial charge is 0.243 e. The van der Waals surface area contributed by atoms with E-state index in [-0.39, 0.29) is 29.2 Å². The average Bonchev–Trinajstić information content (AvgIpc) is 3.78. The fourth-order valence-electron chi connectivity index (χ4n) is 4.65. The third-order valence-electron chi connectivity index (χ3n) is 7.25. The Labute approximate surface area is 244 Å². The number of hydrogen-bond donors (Lipinski definition) is 2. The van der Waals surface area contributed by atoms with Gasteiger partial charge in [-0.25, -0.2) is 13.1 Å². The quantitative estimate of drug-likeness (QED) is 0.271. The number of carbonyl (C=O) groups excluding carboxylic acids is 2. The monoisotopic (exact) mass is 575 g/mol. The van der Waals surface area contributed by atoms with Crippen LogP contribution in [-0.4, -0.2) is 43.8 Å². The van der Waals surface area contributed by atoms with Crippen LogP contribution in [0.3, 0.4) is 0 Å². The summed E-state index contributed by atoms with van der Waals surface area (Å²) in [6.07, 6.45) is 3.66. The van der Waals surface area contributed by atoms with Gasteiger partial charge in [0.05, 0.1) is 4.90 Å². The first-order valence-electron chi connectivity index (χ1n) is 14.5. The summed E-state index contributed by atoms with van der Waals surface area (Å²) in [7, 11) is -3.53. The molecule has 2 amide bonds. The molecule has 0 radical (unpaired) electrons. The standard InChI is InChI=1S/C33H41N3O4S/c1-25(2)21-22-34-33(38)31(23-27-9-5-3-6-10-27)36(24-28-11-7-4-8-12-28)32(37)20-15-26-13-18-30(19-14-26)41(39,40)35-29-16-17-29/h3-14,18-19,25,29,31,35H,15-17,20-24H2,1-2H3,(H,34,38). The summed E-state index contributed by atoms with van der Waals surface area (Å²) < 4.78 is 27.7. The van der Waals surface area contributed by atoms with E-state index in [9.17, 15) is 18.0 Å². The molecule has 1 aliphatic carbocycles. The number of amides is 2. The molecule has 3 aromatic carbocycles. The number of nitrogens with one attached hydrogen (secondary N) is 2. The van der Waals surface area contributed by atoms with E-state index in [1.807, 2.05) is 60.7 Å². The zero-order valence-electron chi connectivity index (χ0n) is 24.0. The topological polar surface area (TPSA) is 95.6 Å². The normalized spacial score (nSPS) is 14.0. The van der Waals surface area contributed by atoms with Crippen molar-refractivity contribution in [2.75, 3.05) is 6.54 Å². The molecule has 0 saturated heterocycles. The zero-order chi connectivity index (χ0) is 29.2. The Balaban J connectivity index is 1.52. The van der Waals surface area contributed by atoms with Gasteiger partial charge < -0.3 is 10.2 Å². The number of hydrogen-bond acceptors (Lipinski definition) is 4. The van der Waals surface area contributed by atoms with E-state index in [0.717, 1.165) is 36.0 Å². The predicted octanol–water partition coefficient (Wildman–Crippen LogP) is 4.86. The van der Waals surface area contributed by atoms with Gasteiger partial charge in [0.25, 0.3) is 0 Å². The Hall–Kier alpha value is -3.49. The molecule has 1 saturated carbocycles. The maximum atomic E-state index is 13.8. The number of nitrogens with zero attached hydrogens (tertiary/aromatic N) is 1. The second kappa shape index (κ2) is 14.4. The Morgan fingerprint density at radius 1 is 0.854 bits per heavy atom. The highest BCUT2D eigenvalue weighted by Gasteiger charge is 2.30. The van der Waals surface area contributed by atoms with Gasteiger partial charge in [-0.1, -0.05) is 86.6 Å². The third-order valence-corrected chi connectivity index (χ3v) is 8.78. The number of benzene rings is 3. The van der Waals surface area contributed by atoms with Crippen LogP contribution in [-0.2, 0) is 39.0 Å². The molecule has 0 spiro atoms. The number of carbonyl (C=O) groups is 2. The van der Waals surface area contributed by atoms with Gasteiger partial charge in [-0.15, -0.1) is 0 Å². The molecular weight excluding hydrogens is 534 g/mol. The molecule has 3 aromatic rings. The minimum absolute atomic E-state index is 0.0410. The van der Waals surface area contributed by atoms with E-state index in [2.05, 4.69) is 23.9 Å². The Kier molecular flexibility index (Phi) is 10.7. The summed E-state index contributed by atoms with van der Waals surface area (Å²) in [5, 5.41) is 3.07. The molecule has 1 unspecified atom stereocenters. The summed E-state index contributed by atoms with van der Waals surface area (Å²) in [5.41, 5.74) is 2.80. The molecule has 7 nitrogen and oxygen atoms in total. The molecule has 1 atom stereocenters. The van der Waals surface area contributed by atoms with E-state index < -0.39 is 16.1 Å². The first-order valence-corrected chi connectivity index (χ1v) is 16.0. The molecule has 0 aromatic heterocycles. The maximum Gasteiger partial charge on any atom is 0.243 e. The van der Waals surface area contributed by atoms with Crippen LogP contribution in [0.1, 0.15) is 56.2 Å². The minimum atomic E-state index is -3.53. The van der Waals surface area contributed by atoms with Crippen molar-refractivity contribution in [2.24, 2.45) is 5.92 Å². The lowest BCUT2D eigenvalue weighted by atomic mass is 10.0. The van der Waals surface area contributed by atoms with Crippen LogP contribution in [0.15, 0.2) is 89.8 Å². The summed E-state index contributed by atoms with van der Waals surface area (Å²) in [5.74, 6) is 0.174. The lowest BCUT2D eigenvalue weighted by molar-refractivity contribution is -0.141. The molecular formula is C33H41N3O4S. The van der Waals surface area contributed by atoms with Gasteiger partial charge in [-0.05, 0) is 60.4 Å². The van der Waals surface area contributed by atoms with Crippen molar-refractivity contribution in [3.05, 3.63) is 102 Å². The van der Waals surface area contributed by atoms with Gasteiger partial charge >= 0.3 is 0 Å². The molecule has 0 heterocycles. The van der Waals surface area contributed by atoms with Crippen LogP contribution < -0.4 is 10.0 Å². The van der Waals surface area contributed by atoms with Gasteiger partial charge in [-0.2, -0.15) is 0 Å². The highest BCUT2D eigenvalue weighted by molar-refractivity contribution is 7.89. The van der Waals surface area contributed by atoms with Crippen LogP contribution >= 0.6 is 0 Å². The second-order valence-electron chi connectivity index (χ2n) is 11.2. The van der Waals surface area contributed by atoms with Gasteiger partial charge in [0.1, 0.15) is 6.04 Å². The van der Waals surface area contributed by atoms with Crippen molar-refractivity contribution in [1.82, 2.24) is 14.9 Å². The van der Waals surface area contributed by atoms with Crippen LogP contribution in [0.4, 0.5) is 0 Å². The Bertz CT molecular complexity index is 1370. The molecule has 41 heavy (non-hydrogen) atoms. The highest BCUT2D eigenvalue weighted by atomic mass is 32.2.